The fraction of sp³-hybridized carbons (Fsp3) is 0.600. The van der Waals surface area contributed by atoms with E-state index in [1.807, 2.05) is 6.07 Å². The summed E-state index contributed by atoms with van der Waals surface area (Å²) in [7, 11) is 0. The highest BCUT2D eigenvalue weighted by Crippen LogP contribution is 2.31. The summed E-state index contributed by atoms with van der Waals surface area (Å²) in [6.45, 7) is 1.98. The van der Waals surface area contributed by atoms with Crippen molar-refractivity contribution >= 4 is 0 Å². The van der Waals surface area contributed by atoms with Crippen molar-refractivity contribution < 1.29 is 4.74 Å². The molecule has 0 saturated heterocycles. The van der Waals surface area contributed by atoms with Crippen molar-refractivity contribution in [1.29, 1.82) is 0 Å². The topological polar surface area (TPSA) is 21.3 Å². The van der Waals surface area contributed by atoms with Gasteiger partial charge in [0.25, 0.3) is 0 Å². The van der Waals surface area contributed by atoms with Crippen molar-refractivity contribution in [3.8, 4) is 0 Å². The fourth-order valence-electron chi connectivity index (χ4n) is 2.39. The fourth-order valence-corrected chi connectivity index (χ4v) is 2.39. The Morgan fingerprint density at radius 3 is 2.59 bits per heavy atom. The molecule has 1 aromatic rings. The van der Waals surface area contributed by atoms with E-state index in [4.69, 9.17) is 4.74 Å². The molecule has 3 rings (SSSR count). The van der Waals surface area contributed by atoms with Crippen LogP contribution in [0.4, 0.5) is 0 Å². The summed E-state index contributed by atoms with van der Waals surface area (Å²) >= 11 is 0. The maximum absolute atomic E-state index is 5.89. The van der Waals surface area contributed by atoms with Gasteiger partial charge in [0.2, 0.25) is 0 Å². The predicted octanol–water partition coefficient (Wildman–Crippen LogP) is 2.73. The molecule has 1 N–H and O–H groups in total. The van der Waals surface area contributed by atoms with Gasteiger partial charge in [0.15, 0.2) is 0 Å². The minimum Gasteiger partial charge on any atom is -0.374 e. The summed E-state index contributed by atoms with van der Waals surface area (Å²) in [6, 6.07) is 11.3. The quantitative estimate of drug-likeness (QED) is 0.813. The zero-order valence-corrected chi connectivity index (χ0v) is 10.3. The van der Waals surface area contributed by atoms with Crippen molar-refractivity contribution in [2.75, 3.05) is 6.54 Å². The van der Waals surface area contributed by atoms with Crippen LogP contribution in [-0.2, 0) is 11.3 Å². The summed E-state index contributed by atoms with van der Waals surface area (Å²) < 4.78 is 5.89. The van der Waals surface area contributed by atoms with Crippen molar-refractivity contribution in [3.05, 3.63) is 35.9 Å². The number of rotatable bonds is 6. The van der Waals surface area contributed by atoms with E-state index in [9.17, 15) is 0 Å². The van der Waals surface area contributed by atoms with Crippen molar-refractivity contribution in [2.45, 2.75) is 44.4 Å². The molecule has 0 unspecified atom stereocenters. The second-order valence-electron chi connectivity index (χ2n) is 5.44. The van der Waals surface area contributed by atoms with Gasteiger partial charge in [-0.15, -0.1) is 0 Å². The lowest BCUT2D eigenvalue weighted by molar-refractivity contribution is -0.0395. The molecular weight excluding hydrogens is 210 g/mol. The standard InChI is InChI=1S/C15H21NO/c1-2-4-12(5-3-1)11-17-15-8-13(9-15)10-16-14-6-7-14/h1-5,13-16H,6-11H2. The number of nitrogens with one attached hydrogen (secondary N) is 1. The molecule has 2 fully saturated rings. The summed E-state index contributed by atoms with van der Waals surface area (Å²) in [5, 5.41) is 3.60. The highest BCUT2D eigenvalue weighted by Gasteiger charge is 2.31. The van der Waals surface area contributed by atoms with E-state index in [-0.39, 0.29) is 0 Å². The van der Waals surface area contributed by atoms with Crippen LogP contribution in [0.1, 0.15) is 31.2 Å². The van der Waals surface area contributed by atoms with E-state index in [0.29, 0.717) is 6.10 Å². The van der Waals surface area contributed by atoms with Gasteiger partial charge in [0, 0.05) is 6.04 Å². The van der Waals surface area contributed by atoms with Gasteiger partial charge in [-0.2, -0.15) is 0 Å². The lowest BCUT2D eigenvalue weighted by atomic mass is 9.82. The Balaban J connectivity index is 1.30. The maximum Gasteiger partial charge on any atom is 0.0720 e. The lowest BCUT2D eigenvalue weighted by Gasteiger charge is -2.35. The first-order chi connectivity index (χ1) is 8.40. The molecule has 92 valence electrons. The van der Waals surface area contributed by atoms with Gasteiger partial charge in [-0.3, -0.25) is 0 Å². The van der Waals surface area contributed by atoms with E-state index in [2.05, 4.69) is 29.6 Å². The highest BCUT2D eigenvalue weighted by molar-refractivity contribution is 5.13. The summed E-state index contributed by atoms with van der Waals surface area (Å²) in [6.07, 6.45) is 5.77. The van der Waals surface area contributed by atoms with Crippen molar-refractivity contribution in [2.24, 2.45) is 5.92 Å². The van der Waals surface area contributed by atoms with Crippen LogP contribution in [0.2, 0.25) is 0 Å². The van der Waals surface area contributed by atoms with Crippen molar-refractivity contribution in [1.82, 2.24) is 5.32 Å². The Labute approximate surface area is 103 Å². The van der Waals surface area contributed by atoms with Gasteiger partial charge in [-0.05, 0) is 43.7 Å². The van der Waals surface area contributed by atoms with E-state index in [0.717, 1.165) is 18.6 Å². The first-order valence-electron chi connectivity index (χ1n) is 6.79. The Hall–Kier alpha value is -0.860. The molecule has 2 heteroatoms. The SMILES string of the molecule is c1ccc(COC2CC(CNC3CC3)C2)cc1. The smallest absolute Gasteiger partial charge is 0.0720 e. The van der Waals surface area contributed by atoms with E-state index in [1.165, 1.54) is 37.8 Å². The Morgan fingerprint density at radius 1 is 1.12 bits per heavy atom. The molecular formula is C15H21NO. The zero-order chi connectivity index (χ0) is 11.5. The maximum atomic E-state index is 5.89. The van der Waals surface area contributed by atoms with Crippen LogP contribution in [-0.4, -0.2) is 18.7 Å². The van der Waals surface area contributed by atoms with Crippen LogP contribution in [0.25, 0.3) is 0 Å². The molecule has 0 bridgehead atoms. The number of benzene rings is 1. The van der Waals surface area contributed by atoms with E-state index >= 15 is 0 Å². The van der Waals surface area contributed by atoms with Gasteiger partial charge in [0.1, 0.15) is 0 Å². The predicted molar refractivity (Wildman–Crippen MR) is 68.8 cm³/mol. The monoisotopic (exact) mass is 231 g/mol. The molecule has 0 atom stereocenters. The molecule has 0 aliphatic heterocycles. The zero-order valence-electron chi connectivity index (χ0n) is 10.3. The molecule has 2 aliphatic rings. The number of hydrogen-bond donors (Lipinski definition) is 1. The molecule has 0 spiro atoms. The molecule has 0 amide bonds. The third-order valence-electron chi connectivity index (χ3n) is 3.79. The average Bonchev–Trinajstić information content (AvgIpc) is 3.12. The lowest BCUT2D eigenvalue weighted by Crippen LogP contribution is -2.38. The van der Waals surface area contributed by atoms with E-state index in [1.54, 1.807) is 0 Å². The molecule has 0 aromatic heterocycles. The first kappa shape index (κ1) is 11.2. The van der Waals surface area contributed by atoms with Gasteiger partial charge in [-0.1, -0.05) is 30.3 Å². The molecule has 2 saturated carbocycles. The van der Waals surface area contributed by atoms with Gasteiger partial charge in [-0.25, -0.2) is 0 Å². The highest BCUT2D eigenvalue weighted by atomic mass is 16.5. The Morgan fingerprint density at radius 2 is 1.88 bits per heavy atom. The molecule has 0 radical (unpaired) electrons. The van der Waals surface area contributed by atoms with Crippen LogP contribution in [0.15, 0.2) is 30.3 Å². The summed E-state index contributed by atoms with van der Waals surface area (Å²) in [5.74, 6) is 0.858. The second-order valence-corrected chi connectivity index (χ2v) is 5.44. The van der Waals surface area contributed by atoms with Crippen LogP contribution in [0.5, 0.6) is 0 Å². The van der Waals surface area contributed by atoms with Crippen LogP contribution in [0, 0.1) is 5.92 Å². The second kappa shape index (κ2) is 5.19. The number of ether oxygens (including phenoxy) is 1. The summed E-state index contributed by atoms with van der Waals surface area (Å²) in [5.41, 5.74) is 1.28. The molecule has 17 heavy (non-hydrogen) atoms. The molecule has 0 heterocycles. The van der Waals surface area contributed by atoms with Gasteiger partial charge < -0.3 is 10.1 Å². The third kappa shape index (κ3) is 3.30. The molecule has 2 aliphatic carbocycles. The Kier molecular flexibility index (Phi) is 3.44. The normalized spacial score (nSPS) is 27.8. The third-order valence-corrected chi connectivity index (χ3v) is 3.79. The van der Waals surface area contributed by atoms with Crippen molar-refractivity contribution in [3.63, 3.8) is 0 Å². The van der Waals surface area contributed by atoms with Crippen LogP contribution in [0.3, 0.4) is 0 Å². The minimum absolute atomic E-state index is 0.501. The molecule has 1 aromatic carbocycles. The first-order valence-corrected chi connectivity index (χ1v) is 6.79. The van der Waals surface area contributed by atoms with Crippen LogP contribution >= 0.6 is 0 Å². The number of hydrogen-bond acceptors (Lipinski definition) is 2. The Bertz CT molecular complexity index is 341. The van der Waals surface area contributed by atoms with Gasteiger partial charge in [0.05, 0.1) is 12.7 Å². The van der Waals surface area contributed by atoms with Gasteiger partial charge >= 0.3 is 0 Å². The largest absolute Gasteiger partial charge is 0.374 e. The molecule has 2 nitrogen and oxygen atoms in total. The van der Waals surface area contributed by atoms with Crippen LogP contribution < -0.4 is 5.32 Å². The average molecular weight is 231 g/mol. The van der Waals surface area contributed by atoms with E-state index < -0.39 is 0 Å². The summed E-state index contributed by atoms with van der Waals surface area (Å²) in [4.78, 5) is 0. The minimum atomic E-state index is 0.501.